The molecule has 1 aromatic rings. The van der Waals surface area contributed by atoms with Crippen LogP contribution in [0.5, 0.6) is 0 Å². The molecule has 0 fully saturated rings. The van der Waals surface area contributed by atoms with Crippen LogP contribution in [0.4, 0.5) is 0 Å². The fraction of sp³-hybridized carbons (Fsp3) is 0.455. The van der Waals surface area contributed by atoms with E-state index in [1.54, 1.807) is 6.92 Å². The van der Waals surface area contributed by atoms with Crippen LogP contribution in [0.15, 0.2) is 12.4 Å². The van der Waals surface area contributed by atoms with Gasteiger partial charge in [-0.3, -0.25) is 4.79 Å². The van der Waals surface area contributed by atoms with Crippen molar-refractivity contribution in [2.75, 3.05) is 7.05 Å². The normalized spacial score (nSPS) is 11.1. The van der Waals surface area contributed by atoms with E-state index in [4.69, 9.17) is 5.11 Å². The standard InChI is InChI=1S/C11H15N3O3/c1-7-5-8(13-6-12-7)9(15)14(4)11(2,3)10(16)17/h5-6H,1-4H3,(H,16,17). The molecule has 1 N–H and O–H groups in total. The van der Waals surface area contributed by atoms with Gasteiger partial charge in [0.1, 0.15) is 17.6 Å². The van der Waals surface area contributed by atoms with Gasteiger partial charge in [-0.05, 0) is 26.8 Å². The number of carboxylic acid groups (broad SMARTS) is 1. The summed E-state index contributed by atoms with van der Waals surface area (Å²) >= 11 is 0. The molecule has 0 radical (unpaired) electrons. The lowest BCUT2D eigenvalue weighted by molar-refractivity contribution is -0.147. The third kappa shape index (κ3) is 2.58. The summed E-state index contributed by atoms with van der Waals surface area (Å²) in [6, 6.07) is 1.52. The van der Waals surface area contributed by atoms with Gasteiger partial charge in [-0.25, -0.2) is 14.8 Å². The minimum absolute atomic E-state index is 0.189. The Morgan fingerprint density at radius 3 is 2.41 bits per heavy atom. The van der Waals surface area contributed by atoms with Crippen LogP contribution in [0, 0.1) is 6.92 Å². The Bertz CT molecular complexity index is 457. The molecular formula is C11H15N3O3. The monoisotopic (exact) mass is 237 g/mol. The van der Waals surface area contributed by atoms with Gasteiger partial charge in [0.25, 0.3) is 5.91 Å². The summed E-state index contributed by atoms with van der Waals surface area (Å²) in [4.78, 5) is 31.9. The van der Waals surface area contributed by atoms with Crippen LogP contribution in [-0.4, -0.2) is 44.4 Å². The highest BCUT2D eigenvalue weighted by Crippen LogP contribution is 2.15. The van der Waals surface area contributed by atoms with Crippen molar-refractivity contribution in [1.29, 1.82) is 0 Å². The van der Waals surface area contributed by atoms with Crippen molar-refractivity contribution in [2.45, 2.75) is 26.3 Å². The van der Waals surface area contributed by atoms with Gasteiger partial charge in [0.05, 0.1) is 0 Å². The zero-order valence-electron chi connectivity index (χ0n) is 10.3. The molecule has 0 saturated heterocycles. The molecule has 0 saturated carbocycles. The number of nitrogens with zero attached hydrogens (tertiary/aromatic N) is 3. The number of aryl methyl sites for hydroxylation is 1. The van der Waals surface area contributed by atoms with Gasteiger partial charge < -0.3 is 10.0 Å². The third-order valence-corrected chi connectivity index (χ3v) is 2.69. The number of hydrogen-bond donors (Lipinski definition) is 1. The van der Waals surface area contributed by atoms with Crippen molar-refractivity contribution in [2.24, 2.45) is 0 Å². The fourth-order valence-corrected chi connectivity index (χ4v) is 1.14. The van der Waals surface area contributed by atoms with Crippen LogP contribution < -0.4 is 0 Å². The number of aliphatic carboxylic acids is 1. The summed E-state index contributed by atoms with van der Waals surface area (Å²) in [5, 5.41) is 9.04. The Kier molecular flexibility index (Phi) is 3.45. The number of rotatable bonds is 3. The Balaban J connectivity index is 3.02. The minimum Gasteiger partial charge on any atom is -0.480 e. The van der Waals surface area contributed by atoms with E-state index >= 15 is 0 Å². The first-order valence-corrected chi connectivity index (χ1v) is 5.07. The molecule has 1 heterocycles. The van der Waals surface area contributed by atoms with Gasteiger partial charge in [-0.2, -0.15) is 0 Å². The summed E-state index contributed by atoms with van der Waals surface area (Å²) in [5.74, 6) is -1.51. The van der Waals surface area contributed by atoms with Crippen molar-refractivity contribution in [1.82, 2.24) is 14.9 Å². The summed E-state index contributed by atoms with van der Waals surface area (Å²) in [6.07, 6.45) is 1.28. The molecule has 0 unspecified atom stereocenters. The quantitative estimate of drug-likeness (QED) is 0.837. The van der Waals surface area contributed by atoms with E-state index in [0.717, 1.165) is 4.90 Å². The topological polar surface area (TPSA) is 83.4 Å². The van der Waals surface area contributed by atoms with Crippen LogP contribution >= 0.6 is 0 Å². The van der Waals surface area contributed by atoms with Gasteiger partial charge in [-0.1, -0.05) is 0 Å². The first kappa shape index (κ1) is 13.1. The van der Waals surface area contributed by atoms with Gasteiger partial charge in [0.2, 0.25) is 0 Å². The maximum Gasteiger partial charge on any atom is 0.329 e. The Labute approximate surface area is 99.3 Å². The molecule has 1 rings (SSSR count). The van der Waals surface area contributed by atoms with Gasteiger partial charge in [0.15, 0.2) is 0 Å². The van der Waals surface area contributed by atoms with Crippen molar-refractivity contribution in [3.63, 3.8) is 0 Å². The number of carboxylic acids is 1. The van der Waals surface area contributed by atoms with Crippen LogP contribution in [0.1, 0.15) is 30.0 Å². The molecule has 0 aromatic carbocycles. The van der Waals surface area contributed by atoms with Crippen molar-refractivity contribution in [3.05, 3.63) is 23.8 Å². The van der Waals surface area contributed by atoms with E-state index in [9.17, 15) is 9.59 Å². The summed E-state index contributed by atoms with van der Waals surface area (Å²) in [6.45, 7) is 4.66. The number of carbonyl (C=O) groups excluding carboxylic acids is 1. The average Bonchev–Trinajstić information content (AvgIpc) is 2.26. The molecule has 92 valence electrons. The average molecular weight is 237 g/mol. The SMILES string of the molecule is Cc1cc(C(=O)N(C)C(C)(C)C(=O)O)ncn1. The molecule has 1 aromatic heterocycles. The second-order valence-electron chi connectivity index (χ2n) is 4.27. The summed E-state index contributed by atoms with van der Waals surface area (Å²) < 4.78 is 0. The van der Waals surface area contributed by atoms with Crippen LogP contribution in [0.3, 0.4) is 0 Å². The van der Waals surface area contributed by atoms with Crippen molar-refractivity contribution >= 4 is 11.9 Å². The summed E-state index contributed by atoms with van der Waals surface area (Å²) in [5.41, 5.74) is -0.435. The van der Waals surface area contributed by atoms with Gasteiger partial charge in [0, 0.05) is 12.7 Å². The van der Waals surface area contributed by atoms with Crippen molar-refractivity contribution in [3.8, 4) is 0 Å². The lowest BCUT2D eigenvalue weighted by atomic mass is 10.0. The number of aromatic nitrogens is 2. The van der Waals surface area contributed by atoms with E-state index in [0.29, 0.717) is 5.69 Å². The van der Waals surface area contributed by atoms with Gasteiger partial charge >= 0.3 is 5.97 Å². The Hall–Kier alpha value is -1.98. The number of likely N-dealkylation sites (N-methyl/N-ethyl adjacent to an activating group) is 1. The van der Waals surface area contributed by atoms with Crippen molar-refractivity contribution < 1.29 is 14.7 Å². The Morgan fingerprint density at radius 1 is 1.35 bits per heavy atom. The third-order valence-electron chi connectivity index (χ3n) is 2.69. The van der Waals surface area contributed by atoms with E-state index in [1.807, 2.05) is 0 Å². The van der Waals surface area contributed by atoms with E-state index in [-0.39, 0.29) is 5.69 Å². The highest BCUT2D eigenvalue weighted by molar-refractivity contribution is 5.95. The molecule has 0 aliphatic carbocycles. The zero-order chi connectivity index (χ0) is 13.2. The number of hydrogen-bond acceptors (Lipinski definition) is 4. The maximum atomic E-state index is 12.0. The highest BCUT2D eigenvalue weighted by atomic mass is 16.4. The van der Waals surface area contributed by atoms with E-state index < -0.39 is 17.4 Å². The molecule has 0 aliphatic heterocycles. The second kappa shape index (κ2) is 4.48. The van der Waals surface area contributed by atoms with Crippen LogP contribution in [0.25, 0.3) is 0 Å². The first-order valence-electron chi connectivity index (χ1n) is 5.07. The zero-order valence-corrected chi connectivity index (χ0v) is 10.3. The molecule has 0 atom stereocenters. The molecular weight excluding hydrogens is 222 g/mol. The summed E-state index contributed by atoms with van der Waals surface area (Å²) in [7, 11) is 1.44. The lowest BCUT2D eigenvalue weighted by Gasteiger charge is -2.31. The van der Waals surface area contributed by atoms with E-state index in [1.165, 1.54) is 33.3 Å². The predicted octanol–water partition coefficient (Wildman–Crippen LogP) is 0.720. The highest BCUT2D eigenvalue weighted by Gasteiger charge is 2.36. The maximum absolute atomic E-state index is 12.0. The molecule has 6 nitrogen and oxygen atoms in total. The molecule has 0 aliphatic rings. The largest absolute Gasteiger partial charge is 0.480 e. The second-order valence-corrected chi connectivity index (χ2v) is 4.27. The molecule has 0 spiro atoms. The van der Waals surface area contributed by atoms with Crippen LogP contribution in [-0.2, 0) is 4.79 Å². The van der Waals surface area contributed by atoms with Crippen LogP contribution in [0.2, 0.25) is 0 Å². The smallest absolute Gasteiger partial charge is 0.329 e. The minimum atomic E-state index is -1.28. The fourth-order valence-electron chi connectivity index (χ4n) is 1.14. The van der Waals surface area contributed by atoms with E-state index in [2.05, 4.69) is 9.97 Å². The molecule has 0 bridgehead atoms. The predicted molar refractivity (Wildman–Crippen MR) is 60.6 cm³/mol. The molecule has 17 heavy (non-hydrogen) atoms. The number of amides is 1. The van der Waals surface area contributed by atoms with Gasteiger partial charge in [-0.15, -0.1) is 0 Å². The number of carbonyl (C=O) groups is 2. The lowest BCUT2D eigenvalue weighted by Crippen LogP contribution is -2.51. The Morgan fingerprint density at radius 2 is 1.94 bits per heavy atom. The molecule has 6 heteroatoms. The first-order chi connectivity index (χ1) is 7.76. The molecule has 1 amide bonds.